The van der Waals surface area contributed by atoms with Crippen LogP contribution in [-0.2, 0) is 0 Å². The van der Waals surface area contributed by atoms with Crippen LogP contribution >= 0.6 is 0 Å². The first-order valence-corrected chi connectivity index (χ1v) is 4.68. The van der Waals surface area contributed by atoms with Gasteiger partial charge in [0.2, 0.25) is 0 Å². The fourth-order valence-corrected chi connectivity index (χ4v) is 1.34. The van der Waals surface area contributed by atoms with Crippen LogP contribution in [-0.4, -0.2) is 0 Å². The summed E-state index contributed by atoms with van der Waals surface area (Å²) in [6.07, 6.45) is 7.33. The molecule has 0 N–H and O–H groups in total. The van der Waals surface area contributed by atoms with Crippen LogP contribution in [0.3, 0.4) is 0 Å². The van der Waals surface area contributed by atoms with Crippen molar-refractivity contribution in [3.63, 3.8) is 0 Å². The second-order valence-corrected chi connectivity index (χ2v) is 3.09. The third-order valence-corrected chi connectivity index (χ3v) is 2.10. The van der Waals surface area contributed by atoms with Crippen molar-refractivity contribution in [2.45, 2.75) is 20.3 Å². The Bertz CT molecular complexity index is 319. The highest BCUT2D eigenvalue weighted by molar-refractivity contribution is 5.66. The fraction of sp³-hybridized carbons (Fsp3) is 0.231. The largest absolute Gasteiger partial charge is 0.0984 e. The van der Waals surface area contributed by atoms with Gasteiger partial charge >= 0.3 is 0 Å². The summed E-state index contributed by atoms with van der Waals surface area (Å²) in [4.78, 5) is 0. The van der Waals surface area contributed by atoms with E-state index in [0.29, 0.717) is 0 Å². The Labute approximate surface area is 80.6 Å². The molecule has 0 aliphatic rings. The molecule has 13 heavy (non-hydrogen) atoms. The molecular weight excluding hydrogens is 156 g/mol. The molecule has 1 aromatic rings. The molecule has 0 heteroatoms. The average Bonchev–Trinajstić information content (AvgIpc) is 2.15. The van der Waals surface area contributed by atoms with Gasteiger partial charge in [-0.3, -0.25) is 0 Å². The van der Waals surface area contributed by atoms with Gasteiger partial charge in [-0.1, -0.05) is 49.9 Å². The lowest BCUT2D eigenvalue weighted by Crippen LogP contribution is -1.84. The van der Waals surface area contributed by atoms with E-state index in [9.17, 15) is 0 Å². The fourth-order valence-electron chi connectivity index (χ4n) is 1.34. The molecule has 0 radical (unpaired) electrons. The molecule has 0 atom stereocenters. The molecule has 0 saturated heterocycles. The molecule has 0 bridgehead atoms. The van der Waals surface area contributed by atoms with Crippen LogP contribution in [0, 0.1) is 6.92 Å². The summed E-state index contributed by atoms with van der Waals surface area (Å²) in [6.45, 7) is 8.08. The molecule has 0 aromatic heterocycles. The summed E-state index contributed by atoms with van der Waals surface area (Å²) < 4.78 is 0. The monoisotopic (exact) mass is 172 g/mol. The van der Waals surface area contributed by atoms with Gasteiger partial charge in [0.05, 0.1) is 0 Å². The van der Waals surface area contributed by atoms with Crippen molar-refractivity contribution in [1.29, 1.82) is 0 Å². The number of allylic oxidation sites excluding steroid dienone is 1. The molecule has 0 unspecified atom stereocenters. The second kappa shape index (κ2) is 4.66. The molecule has 0 spiro atoms. The van der Waals surface area contributed by atoms with Gasteiger partial charge in [0.25, 0.3) is 0 Å². The molecule has 0 aliphatic carbocycles. The maximum absolute atomic E-state index is 3.81. The molecule has 0 nitrogen and oxygen atoms in total. The van der Waals surface area contributed by atoms with E-state index in [1.54, 1.807) is 0 Å². The summed E-state index contributed by atoms with van der Waals surface area (Å²) in [5.74, 6) is 0. The number of aryl methyl sites for hydroxylation is 1. The van der Waals surface area contributed by atoms with Gasteiger partial charge in [-0.25, -0.2) is 0 Å². The van der Waals surface area contributed by atoms with Crippen molar-refractivity contribution >= 4 is 12.2 Å². The van der Waals surface area contributed by atoms with Crippen LogP contribution in [0.1, 0.15) is 30.0 Å². The van der Waals surface area contributed by atoms with Gasteiger partial charge in [-0.2, -0.15) is 0 Å². The molecule has 1 rings (SSSR count). The van der Waals surface area contributed by atoms with E-state index in [1.807, 2.05) is 6.08 Å². The quantitative estimate of drug-likeness (QED) is 0.645. The molecular formula is C13H16. The van der Waals surface area contributed by atoms with Gasteiger partial charge < -0.3 is 0 Å². The van der Waals surface area contributed by atoms with Gasteiger partial charge in [0, 0.05) is 0 Å². The van der Waals surface area contributed by atoms with E-state index < -0.39 is 0 Å². The summed E-state index contributed by atoms with van der Waals surface area (Å²) in [5.41, 5.74) is 3.81. The number of benzene rings is 1. The lowest BCUT2D eigenvalue weighted by molar-refractivity contribution is 1.23. The first kappa shape index (κ1) is 9.79. The summed E-state index contributed by atoms with van der Waals surface area (Å²) in [7, 11) is 0. The zero-order valence-corrected chi connectivity index (χ0v) is 8.38. The summed E-state index contributed by atoms with van der Waals surface area (Å²) >= 11 is 0. The van der Waals surface area contributed by atoms with Crippen LogP contribution in [0.15, 0.2) is 30.9 Å². The molecule has 0 heterocycles. The van der Waals surface area contributed by atoms with Crippen molar-refractivity contribution in [3.8, 4) is 0 Å². The minimum absolute atomic E-state index is 1.07. The third kappa shape index (κ3) is 2.32. The van der Waals surface area contributed by atoms with Crippen LogP contribution in [0.4, 0.5) is 0 Å². The Balaban J connectivity index is 3.14. The maximum atomic E-state index is 3.81. The maximum Gasteiger partial charge on any atom is -0.0158 e. The number of hydrogen-bond acceptors (Lipinski definition) is 0. The predicted octanol–water partition coefficient (Wildman–Crippen LogP) is 4.06. The van der Waals surface area contributed by atoms with Crippen LogP contribution in [0.25, 0.3) is 12.2 Å². The highest BCUT2D eigenvalue weighted by Gasteiger charge is 1.97. The molecule has 0 fully saturated rings. The van der Waals surface area contributed by atoms with Crippen LogP contribution < -0.4 is 0 Å². The molecule has 68 valence electrons. The summed E-state index contributed by atoms with van der Waals surface area (Å²) in [6, 6.07) is 6.29. The highest BCUT2D eigenvalue weighted by Crippen LogP contribution is 2.17. The molecule has 1 aromatic carbocycles. The molecule has 0 saturated carbocycles. The van der Waals surface area contributed by atoms with E-state index in [4.69, 9.17) is 0 Å². The number of rotatable bonds is 3. The van der Waals surface area contributed by atoms with Crippen molar-refractivity contribution in [2.75, 3.05) is 0 Å². The normalized spacial score (nSPS) is 10.6. The third-order valence-electron chi connectivity index (χ3n) is 2.10. The predicted molar refractivity (Wildman–Crippen MR) is 60.6 cm³/mol. The standard InChI is InChI=1S/C13H16/c1-4-6-10-13-11(3)8-7-9-12(13)5-2/h5-10H,2,4H2,1,3H3/b10-6-. The Morgan fingerprint density at radius 3 is 2.77 bits per heavy atom. The highest BCUT2D eigenvalue weighted by atomic mass is 14.0. The van der Waals surface area contributed by atoms with Crippen molar-refractivity contribution in [3.05, 3.63) is 47.5 Å². The Kier molecular flexibility index (Phi) is 3.51. The lowest BCUT2D eigenvalue weighted by Gasteiger charge is -2.04. The van der Waals surface area contributed by atoms with E-state index in [0.717, 1.165) is 6.42 Å². The van der Waals surface area contributed by atoms with Crippen molar-refractivity contribution < 1.29 is 0 Å². The second-order valence-electron chi connectivity index (χ2n) is 3.09. The van der Waals surface area contributed by atoms with Gasteiger partial charge in [-0.15, -0.1) is 0 Å². The van der Waals surface area contributed by atoms with Gasteiger partial charge in [-0.05, 0) is 30.0 Å². The molecule has 0 aliphatic heterocycles. The van der Waals surface area contributed by atoms with Gasteiger partial charge in [0.15, 0.2) is 0 Å². The first-order chi connectivity index (χ1) is 6.29. The van der Waals surface area contributed by atoms with E-state index in [1.165, 1.54) is 16.7 Å². The Morgan fingerprint density at radius 1 is 1.38 bits per heavy atom. The Hall–Kier alpha value is -1.30. The lowest BCUT2D eigenvalue weighted by atomic mass is 10.0. The van der Waals surface area contributed by atoms with E-state index in [2.05, 4.69) is 50.8 Å². The zero-order valence-electron chi connectivity index (χ0n) is 8.38. The van der Waals surface area contributed by atoms with Crippen LogP contribution in [0.5, 0.6) is 0 Å². The van der Waals surface area contributed by atoms with Crippen molar-refractivity contribution in [2.24, 2.45) is 0 Å². The minimum Gasteiger partial charge on any atom is -0.0984 e. The SMILES string of the molecule is C=Cc1cccc(C)c1/C=C\CC. The zero-order chi connectivity index (χ0) is 9.68. The average molecular weight is 172 g/mol. The smallest absolute Gasteiger partial charge is 0.0158 e. The molecule has 0 amide bonds. The Morgan fingerprint density at radius 2 is 2.15 bits per heavy atom. The number of hydrogen-bond donors (Lipinski definition) is 0. The van der Waals surface area contributed by atoms with Gasteiger partial charge in [0.1, 0.15) is 0 Å². The van der Waals surface area contributed by atoms with Crippen molar-refractivity contribution in [1.82, 2.24) is 0 Å². The van der Waals surface area contributed by atoms with E-state index >= 15 is 0 Å². The van der Waals surface area contributed by atoms with E-state index in [-0.39, 0.29) is 0 Å². The summed E-state index contributed by atoms with van der Waals surface area (Å²) in [5, 5.41) is 0. The van der Waals surface area contributed by atoms with Crippen LogP contribution in [0.2, 0.25) is 0 Å². The topological polar surface area (TPSA) is 0 Å². The first-order valence-electron chi connectivity index (χ1n) is 4.68. The minimum atomic E-state index is 1.07.